The lowest BCUT2D eigenvalue weighted by Gasteiger charge is -2.41. The highest BCUT2D eigenvalue weighted by Gasteiger charge is 2.34. The van der Waals surface area contributed by atoms with Crippen LogP contribution >= 0.6 is 0 Å². The molecular formula is C21H27FN2O3. The minimum absolute atomic E-state index is 0.167. The van der Waals surface area contributed by atoms with E-state index >= 15 is 0 Å². The second-order valence-electron chi connectivity index (χ2n) is 7.17. The van der Waals surface area contributed by atoms with Crippen molar-refractivity contribution in [3.8, 4) is 17.4 Å². The summed E-state index contributed by atoms with van der Waals surface area (Å²) in [4.78, 5) is 6.99. The lowest BCUT2D eigenvalue weighted by atomic mass is 9.92. The van der Waals surface area contributed by atoms with Crippen molar-refractivity contribution in [2.45, 2.75) is 38.3 Å². The molecule has 0 spiro atoms. The van der Waals surface area contributed by atoms with E-state index in [0.717, 1.165) is 31.6 Å². The number of pyridine rings is 1. The largest absolute Gasteiger partial charge is 0.491 e. The van der Waals surface area contributed by atoms with Crippen LogP contribution in [0.4, 0.5) is 4.39 Å². The number of ether oxygens (including phenoxy) is 3. The molecule has 27 heavy (non-hydrogen) atoms. The number of rotatable bonds is 6. The molecule has 1 saturated heterocycles. The predicted molar refractivity (Wildman–Crippen MR) is 102 cm³/mol. The zero-order chi connectivity index (χ0) is 19.4. The smallest absolute Gasteiger partial charge is 0.257 e. The maximum absolute atomic E-state index is 13.1. The van der Waals surface area contributed by atoms with Crippen molar-refractivity contribution in [2.75, 3.05) is 27.3 Å². The number of methoxy groups -OCH3 is 2. The summed E-state index contributed by atoms with van der Waals surface area (Å²) in [5.74, 6) is 1.59. The van der Waals surface area contributed by atoms with Crippen molar-refractivity contribution in [3.63, 3.8) is 0 Å². The first-order valence-corrected chi connectivity index (χ1v) is 9.22. The fraction of sp³-hybridized carbons (Fsp3) is 0.476. The molecule has 0 amide bonds. The number of halogens is 1. The topological polar surface area (TPSA) is 43.8 Å². The van der Waals surface area contributed by atoms with Crippen molar-refractivity contribution < 1.29 is 18.6 Å². The van der Waals surface area contributed by atoms with Gasteiger partial charge in [0.05, 0.1) is 19.9 Å². The number of hydrogen-bond donors (Lipinski definition) is 0. The molecule has 0 saturated carbocycles. The third-order valence-electron chi connectivity index (χ3n) is 5.27. The lowest BCUT2D eigenvalue weighted by Crippen LogP contribution is -2.46. The van der Waals surface area contributed by atoms with Gasteiger partial charge in [0, 0.05) is 19.1 Å². The highest BCUT2D eigenvalue weighted by molar-refractivity contribution is 5.35. The molecule has 1 aromatic heterocycles. The molecule has 1 aromatic carbocycles. The van der Waals surface area contributed by atoms with Gasteiger partial charge >= 0.3 is 0 Å². The summed E-state index contributed by atoms with van der Waals surface area (Å²) in [6.45, 7) is 6.06. The molecule has 146 valence electrons. The predicted octanol–water partition coefficient (Wildman–Crippen LogP) is 4.23. The molecule has 1 atom stereocenters. The molecule has 2 heterocycles. The molecule has 1 aliphatic rings. The lowest BCUT2D eigenvalue weighted by molar-refractivity contribution is 0.00472. The van der Waals surface area contributed by atoms with Crippen LogP contribution in [0.2, 0.25) is 0 Å². The minimum atomic E-state index is -0.251. The average Bonchev–Trinajstić information content (AvgIpc) is 2.69. The molecule has 1 unspecified atom stereocenters. The molecule has 0 N–H and O–H groups in total. The molecular weight excluding hydrogens is 347 g/mol. The molecule has 5 nitrogen and oxygen atoms in total. The molecule has 1 fully saturated rings. The highest BCUT2D eigenvalue weighted by Crippen LogP contribution is 2.33. The molecule has 0 bridgehead atoms. The summed E-state index contributed by atoms with van der Waals surface area (Å²) < 4.78 is 29.8. The summed E-state index contributed by atoms with van der Waals surface area (Å²) in [5.41, 5.74) is 0.703. The van der Waals surface area contributed by atoms with E-state index in [0.29, 0.717) is 17.4 Å². The van der Waals surface area contributed by atoms with Gasteiger partial charge in [0.1, 0.15) is 17.2 Å². The Balaban J connectivity index is 1.63. The SMILES string of the molecule is COc1ccc(C(C)N2CCC(C)(Oc3ccc(F)cc3)CC2)nc1OC. The first-order chi connectivity index (χ1) is 12.9. The van der Waals surface area contributed by atoms with E-state index in [2.05, 4.69) is 23.7 Å². The first-order valence-electron chi connectivity index (χ1n) is 9.22. The second-order valence-corrected chi connectivity index (χ2v) is 7.17. The van der Waals surface area contributed by atoms with Gasteiger partial charge in [0.2, 0.25) is 0 Å². The normalized spacial score (nSPS) is 18.0. The Labute approximate surface area is 160 Å². The van der Waals surface area contributed by atoms with Gasteiger partial charge in [0.25, 0.3) is 5.88 Å². The van der Waals surface area contributed by atoms with E-state index in [-0.39, 0.29) is 17.5 Å². The number of likely N-dealkylation sites (tertiary alicyclic amines) is 1. The summed E-state index contributed by atoms with van der Waals surface area (Å²) >= 11 is 0. The van der Waals surface area contributed by atoms with Crippen molar-refractivity contribution in [3.05, 3.63) is 47.9 Å². The van der Waals surface area contributed by atoms with E-state index in [9.17, 15) is 4.39 Å². The second kappa shape index (κ2) is 8.13. The number of hydrogen-bond acceptors (Lipinski definition) is 5. The Morgan fingerprint density at radius 1 is 1.04 bits per heavy atom. The van der Waals surface area contributed by atoms with Gasteiger partial charge in [-0.25, -0.2) is 9.37 Å². The molecule has 2 aromatic rings. The van der Waals surface area contributed by atoms with E-state index in [1.807, 2.05) is 12.1 Å². The Morgan fingerprint density at radius 2 is 1.70 bits per heavy atom. The van der Waals surface area contributed by atoms with Crippen molar-refractivity contribution >= 4 is 0 Å². The molecule has 0 aliphatic carbocycles. The van der Waals surface area contributed by atoms with E-state index in [4.69, 9.17) is 14.2 Å². The van der Waals surface area contributed by atoms with E-state index in [1.54, 1.807) is 26.4 Å². The number of piperidine rings is 1. The highest BCUT2D eigenvalue weighted by atomic mass is 19.1. The third-order valence-corrected chi connectivity index (χ3v) is 5.27. The van der Waals surface area contributed by atoms with Gasteiger partial charge in [-0.2, -0.15) is 0 Å². The molecule has 1 aliphatic heterocycles. The van der Waals surface area contributed by atoms with Gasteiger partial charge in [-0.1, -0.05) is 0 Å². The first kappa shape index (κ1) is 19.4. The molecule has 6 heteroatoms. The number of benzene rings is 1. The van der Waals surface area contributed by atoms with E-state index in [1.165, 1.54) is 12.1 Å². The van der Waals surface area contributed by atoms with Crippen LogP contribution in [0.5, 0.6) is 17.4 Å². The van der Waals surface area contributed by atoms with Gasteiger partial charge < -0.3 is 14.2 Å². The van der Waals surface area contributed by atoms with Gasteiger partial charge in [-0.15, -0.1) is 0 Å². The van der Waals surface area contributed by atoms with Gasteiger partial charge in [-0.05, 0) is 63.1 Å². The van der Waals surface area contributed by atoms with Crippen molar-refractivity contribution in [1.29, 1.82) is 0 Å². The average molecular weight is 374 g/mol. The molecule has 3 rings (SSSR count). The van der Waals surface area contributed by atoms with Gasteiger partial charge in [-0.3, -0.25) is 4.90 Å². The van der Waals surface area contributed by atoms with Crippen molar-refractivity contribution in [2.24, 2.45) is 0 Å². The van der Waals surface area contributed by atoms with Crippen LogP contribution < -0.4 is 14.2 Å². The number of aromatic nitrogens is 1. The Bertz CT molecular complexity index is 759. The van der Waals surface area contributed by atoms with Crippen LogP contribution in [0.3, 0.4) is 0 Å². The maximum atomic E-state index is 13.1. The van der Waals surface area contributed by atoms with Crippen LogP contribution in [0.25, 0.3) is 0 Å². The summed E-state index contributed by atoms with van der Waals surface area (Å²) in [5, 5.41) is 0. The van der Waals surface area contributed by atoms with Crippen LogP contribution in [0.1, 0.15) is 38.4 Å². The van der Waals surface area contributed by atoms with E-state index < -0.39 is 0 Å². The zero-order valence-corrected chi connectivity index (χ0v) is 16.4. The summed E-state index contributed by atoms with van der Waals surface area (Å²) in [6.07, 6.45) is 1.78. The summed E-state index contributed by atoms with van der Waals surface area (Å²) in [7, 11) is 3.20. The van der Waals surface area contributed by atoms with Gasteiger partial charge in [0.15, 0.2) is 5.75 Å². The third kappa shape index (κ3) is 4.50. The zero-order valence-electron chi connectivity index (χ0n) is 16.4. The van der Waals surface area contributed by atoms with Crippen LogP contribution in [-0.2, 0) is 0 Å². The van der Waals surface area contributed by atoms with Crippen LogP contribution in [0.15, 0.2) is 36.4 Å². The minimum Gasteiger partial charge on any atom is -0.491 e. The summed E-state index contributed by atoms with van der Waals surface area (Å²) in [6, 6.07) is 10.3. The Kier molecular flexibility index (Phi) is 5.85. The fourth-order valence-corrected chi connectivity index (χ4v) is 3.44. The maximum Gasteiger partial charge on any atom is 0.257 e. The Morgan fingerprint density at radius 3 is 2.30 bits per heavy atom. The standard InChI is InChI=1S/C21H27FN2O3/c1-15(18-9-10-19(25-3)20(23-18)26-4)24-13-11-21(2,12-14-24)27-17-7-5-16(22)6-8-17/h5-10,15H,11-14H2,1-4H3. The van der Waals surface area contributed by atoms with Crippen LogP contribution in [0, 0.1) is 5.82 Å². The number of nitrogens with zero attached hydrogens (tertiary/aromatic N) is 2. The quantitative estimate of drug-likeness (QED) is 0.757. The Hall–Kier alpha value is -2.34. The fourth-order valence-electron chi connectivity index (χ4n) is 3.44. The molecule has 0 radical (unpaired) electrons. The van der Waals surface area contributed by atoms with Crippen LogP contribution in [-0.4, -0.2) is 42.8 Å². The van der Waals surface area contributed by atoms with Crippen molar-refractivity contribution in [1.82, 2.24) is 9.88 Å². The monoisotopic (exact) mass is 374 g/mol.